The molecule has 1 rings (SSSR count). The zero-order chi connectivity index (χ0) is 12.8. The van der Waals surface area contributed by atoms with Gasteiger partial charge in [0.25, 0.3) is 0 Å². The molecule has 17 heavy (non-hydrogen) atoms. The monoisotopic (exact) mass is 242 g/mol. The van der Waals surface area contributed by atoms with Crippen LogP contribution in [0.1, 0.15) is 39.0 Å². The Labute approximate surface area is 102 Å². The third-order valence-electron chi connectivity index (χ3n) is 2.97. The number of carbonyl (C=O) groups excluding carboxylic acids is 1. The van der Waals surface area contributed by atoms with Gasteiger partial charge in [-0.25, -0.2) is 0 Å². The number of carboxylic acid groups (broad SMARTS) is 1. The van der Waals surface area contributed by atoms with Crippen LogP contribution in [0.5, 0.6) is 0 Å². The smallest absolute Gasteiger partial charge is 0.303 e. The summed E-state index contributed by atoms with van der Waals surface area (Å²) in [7, 11) is 0. The van der Waals surface area contributed by atoms with Gasteiger partial charge in [-0.05, 0) is 31.6 Å². The molecule has 1 atom stereocenters. The van der Waals surface area contributed by atoms with Gasteiger partial charge in [-0.3, -0.25) is 9.59 Å². The van der Waals surface area contributed by atoms with Crippen molar-refractivity contribution in [3.05, 3.63) is 0 Å². The number of rotatable bonds is 8. The minimum Gasteiger partial charge on any atom is -0.481 e. The second-order valence-corrected chi connectivity index (χ2v) is 4.77. The lowest BCUT2D eigenvalue weighted by Gasteiger charge is -2.25. The summed E-state index contributed by atoms with van der Waals surface area (Å²) >= 11 is 0. The van der Waals surface area contributed by atoms with Gasteiger partial charge in [-0.15, -0.1) is 0 Å². The zero-order valence-corrected chi connectivity index (χ0v) is 10.4. The summed E-state index contributed by atoms with van der Waals surface area (Å²) in [6.07, 6.45) is 3.47. The molecule has 5 heteroatoms. The van der Waals surface area contributed by atoms with Crippen LogP contribution in [-0.2, 0) is 9.59 Å². The van der Waals surface area contributed by atoms with E-state index in [4.69, 9.17) is 10.8 Å². The summed E-state index contributed by atoms with van der Waals surface area (Å²) in [4.78, 5) is 24.2. The van der Waals surface area contributed by atoms with Crippen LogP contribution in [0.15, 0.2) is 0 Å². The third-order valence-corrected chi connectivity index (χ3v) is 2.97. The Morgan fingerprint density at radius 1 is 1.47 bits per heavy atom. The molecule has 1 saturated carbocycles. The number of amides is 1. The summed E-state index contributed by atoms with van der Waals surface area (Å²) in [6, 6.07) is -0.670. The Morgan fingerprint density at radius 2 is 2.12 bits per heavy atom. The van der Waals surface area contributed by atoms with E-state index in [1.165, 1.54) is 12.8 Å². The number of nitrogens with two attached hydrogens (primary N) is 1. The van der Waals surface area contributed by atoms with Crippen molar-refractivity contribution in [3.8, 4) is 0 Å². The fourth-order valence-electron chi connectivity index (χ4n) is 1.81. The quantitative estimate of drug-likeness (QED) is 0.660. The van der Waals surface area contributed by atoms with Crippen molar-refractivity contribution in [1.82, 2.24) is 4.90 Å². The van der Waals surface area contributed by atoms with Crippen molar-refractivity contribution in [1.29, 1.82) is 0 Å². The fourth-order valence-corrected chi connectivity index (χ4v) is 1.81. The Balaban J connectivity index is 2.40. The first-order valence-corrected chi connectivity index (χ1v) is 6.30. The molecular formula is C12H22N2O3. The normalized spacial score (nSPS) is 16.6. The molecule has 0 aromatic carbocycles. The Hall–Kier alpha value is -1.10. The lowest BCUT2D eigenvalue weighted by Crippen LogP contribution is -2.45. The standard InChI is InChI=1S/C12H22N2O3/c1-2-7-14(8-9-3-4-9)12(17)10(13)5-6-11(15)16/h9-10H,2-8,13H2,1H3,(H,15,16). The van der Waals surface area contributed by atoms with Gasteiger partial charge < -0.3 is 15.7 Å². The van der Waals surface area contributed by atoms with Crippen molar-refractivity contribution in [2.24, 2.45) is 11.7 Å². The molecule has 0 aromatic heterocycles. The van der Waals surface area contributed by atoms with Gasteiger partial charge in [0.1, 0.15) is 0 Å². The molecule has 0 aliphatic heterocycles. The lowest BCUT2D eigenvalue weighted by atomic mass is 10.1. The van der Waals surface area contributed by atoms with Gasteiger partial charge in [0.15, 0.2) is 0 Å². The topological polar surface area (TPSA) is 83.6 Å². The maximum absolute atomic E-state index is 12.0. The number of carbonyl (C=O) groups is 2. The molecule has 1 fully saturated rings. The highest BCUT2D eigenvalue weighted by Gasteiger charge is 2.28. The Morgan fingerprint density at radius 3 is 2.59 bits per heavy atom. The first-order valence-electron chi connectivity index (χ1n) is 6.30. The van der Waals surface area contributed by atoms with E-state index in [9.17, 15) is 9.59 Å². The molecule has 3 N–H and O–H groups in total. The fraction of sp³-hybridized carbons (Fsp3) is 0.833. The van der Waals surface area contributed by atoms with E-state index in [0.29, 0.717) is 5.92 Å². The second-order valence-electron chi connectivity index (χ2n) is 4.77. The molecule has 0 saturated heterocycles. The van der Waals surface area contributed by atoms with Crippen LogP contribution in [-0.4, -0.2) is 41.0 Å². The minimum absolute atomic E-state index is 0.0453. The molecule has 0 spiro atoms. The van der Waals surface area contributed by atoms with Crippen molar-refractivity contribution >= 4 is 11.9 Å². The van der Waals surface area contributed by atoms with Crippen LogP contribution < -0.4 is 5.73 Å². The molecule has 5 nitrogen and oxygen atoms in total. The molecule has 98 valence electrons. The van der Waals surface area contributed by atoms with Crippen molar-refractivity contribution in [3.63, 3.8) is 0 Å². The van der Waals surface area contributed by atoms with Gasteiger partial charge in [0.2, 0.25) is 5.91 Å². The van der Waals surface area contributed by atoms with Crippen LogP contribution in [0.25, 0.3) is 0 Å². The molecule has 1 aliphatic carbocycles. The van der Waals surface area contributed by atoms with E-state index in [1.54, 1.807) is 4.90 Å². The van der Waals surface area contributed by atoms with Crippen LogP contribution in [0.4, 0.5) is 0 Å². The molecule has 1 aliphatic rings. The van der Waals surface area contributed by atoms with Gasteiger partial charge in [0.05, 0.1) is 6.04 Å². The van der Waals surface area contributed by atoms with Crippen LogP contribution in [0.3, 0.4) is 0 Å². The zero-order valence-electron chi connectivity index (χ0n) is 10.4. The summed E-state index contributed by atoms with van der Waals surface area (Å²) < 4.78 is 0. The first-order chi connectivity index (χ1) is 8.04. The highest BCUT2D eigenvalue weighted by Crippen LogP contribution is 2.29. The maximum atomic E-state index is 12.0. The molecule has 0 radical (unpaired) electrons. The van der Waals surface area contributed by atoms with Crippen LogP contribution in [0, 0.1) is 5.92 Å². The summed E-state index contributed by atoms with van der Waals surface area (Å²) in [6.45, 7) is 3.53. The molecule has 1 amide bonds. The third kappa shape index (κ3) is 5.17. The highest BCUT2D eigenvalue weighted by atomic mass is 16.4. The van der Waals surface area contributed by atoms with E-state index in [0.717, 1.165) is 19.5 Å². The molecule has 1 unspecified atom stereocenters. The number of hydrogen-bond donors (Lipinski definition) is 2. The number of nitrogens with zero attached hydrogens (tertiary/aromatic N) is 1. The molecule has 0 heterocycles. The average molecular weight is 242 g/mol. The van der Waals surface area contributed by atoms with E-state index < -0.39 is 12.0 Å². The predicted octanol–water partition coefficient (Wildman–Crippen LogP) is 0.827. The summed E-state index contributed by atoms with van der Waals surface area (Å²) in [5, 5.41) is 8.56. The highest BCUT2D eigenvalue weighted by molar-refractivity contribution is 5.82. The van der Waals surface area contributed by atoms with E-state index in [1.807, 2.05) is 6.92 Å². The van der Waals surface area contributed by atoms with Gasteiger partial charge in [-0.2, -0.15) is 0 Å². The largest absolute Gasteiger partial charge is 0.481 e. The number of hydrogen-bond acceptors (Lipinski definition) is 3. The van der Waals surface area contributed by atoms with Crippen LogP contribution >= 0.6 is 0 Å². The van der Waals surface area contributed by atoms with Crippen molar-refractivity contribution in [2.45, 2.75) is 45.1 Å². The average Bonchev–Trinajstić information content (AvgIpc) is 3.08. The SMILES string of the molecule is CCCN(CC1CC1)C(=O)C(N)CCC(=O)O. The van der Waals surface area contributed by atoms with Crippen molar-refractivity contribution in [2.75, 3.05) is 13.1 Å². The maximum Gasteiger partial charge on any atom is 0.303 e. The minimum atomic E-state index is -0.905. The number of carboxylic acids is 1. The Bertz CT molecular complexity index is 277. The van der Waals surface area contributed by atoms with Gasteiger partial charge in [0, 0.05) is 19.5 Å². The molecule has 0 bridgehead atoms. The first kappa shape index (κ1) is 14.0. The molecule has 0 aromatic rings. The van der Waals surface area contributed by atoms with Gasteiger partial charge >= 0.3 is 5.97 Å². The van der Waals surface area contributed by atoms with E-state index in [-0.39, 0.29) is 18.7 Å². The lowest BCUT2D eigenvalue weighted by molar-refractivity contribution is -0.137. The Kier molecular flexibility index (Phi) is 5.41. The number of aliphatic carboxylic acids is 1. The molecular weight excluding hydrogens is 220 g/mol. The second kappa shape index (κ2) is 6.59. The summed E-state index contributed by atoms with van der Waals surface area (Å²) in [5.74, 6) is -0.366. The van der Waals surface area contributed by atoms with Gasteiger partial charge in [-0.1, -0.05) is 6.92 Å². The van der Waals surface area contributed by atoms with Crippen LogP contribution in [0.2, 0.25) is 0 Å². The van der Waals surface area contributed by atoms with E-state index in [2.05, 4.69) is 0 Å². The summed E-state index contributed by atoms with van der Waals surface area (Å²) in [5.41, 5.74) is 5.74. The van der Waals surface area contributed by atoms with E-state index >= 15 is 0 Å². The predicted molar refractivity (Wildman–Crippen MR) is 64.4 cm³/mol. The van der Waals surface area contributed by atoms with Crippen molar-refractivity contribution < 1.29 is 14.7 Å².